The fraction of sp³-hybridized carbons (Fsp3) is 0.300. The van der Waals surface area contributed by atoms with Crippen LogP contribution >= 0.6 is 0 Å². The number of rotatable bonds is 4. The number of fused-ring (bicyclic) bond motifs is 1. The number of carbonyl (C=O) groups excluding carboxylic acids is 1. The normalized spacial score (nSPS) is 16.5. The summed E-state index contributed by atoms with van der Waals surface area (Å²) < 4.78 is 5.79. The number of nitrogens with zero attached hydrogens (tertiary/aromatic N) is 2. The highest BCUT2D eigenvalue weighted by molar-refractivity contribution is 5.97. The van der Waals surface area contributed by atoms with Gasteiger partial charge >= 0.3 is 0 Å². The number of oxazole rings is 1. The van der Waals surface area contributed by atoms with Crippen molar-refractivity contribution in [3.8, 4) is 0 Å². The van der Waals surface area contributed by atoms with Gasteiger partial charge in [-0.2, -0.15) is 0 Å². The molecule has 0 saturated carbocycles. The van der Waals surface area contributed by atoms with Gasteiger partial charge in [-0.1, -0.05) is 42.5 Å². The molecule has 122 valence electrons. The van der Waals surface area contributed by atoms with Gasteiger partial charge in [0.1, 0.15) is 5.52 Å². The van der Waals surface area contributed by atoms with Crippen molar-refractivity contribution in [2.24, 2.45) is 5.92 Å². The highest BCUT2D eigenvalue weighted by atomic mass is 16.3. The lowest BCUT2D eigenvalue weighted by Crippen LogP contribution is -2.36. The summed E-state index contributed by atoms with van der Waals surface area (Å²) >= 11 is 0. The minimum atomic E-state index is 0.132. The van der Waals surface area contributed by atoms with Crippen molar-refractivity contribution in [1.82, 2.24) is 9.88 Å². The first-order valence-corrected chi connectivity index (χ1v) is 8.46. The van der Waals surface area contributed by atoms with E-state index in [2.05, 4.69) is 9.88 Å². The summed E-state index contributed by atoms with van der Waals surface area (Å²) in [5.74, 6) is 1.16. The molecule has 0 atom stereocenters. The van der Waals surface area contributed by atoms with Gasteiger partial charge in [0, 0.05) is 11.5 Å². The van der Waals surface area contributed by atoms with Crippen molar-refractivity contribution in [1.29, 1.82) is 0 Å². The van der Waals surface area contributed by atoms with Crippen molar-refractivity contribution >= 4 is 16.9 Å². The zero-order chi connectivity index (χ0) is 16.4. The van der Waals surface area contributed by atoms with E-state index in [0.29, 0.717) is 6.54 Å². The highest BCUT2D eigenvalue weighted by Gasteiger charge is 2.26. The fourth-order valence-electron chi connectivity index (χ4n) is 3.37. The van der Waals surface area contributed by atoms with E-state index in [9.17, 15) is 4.79 Å². The van der Waals surface area contributed by atoms with E-state index >= 15 is 0 Å². The van der Waals surface area contributed by atoms with Crippen LogP contribution in [0.15, 0.2) is 59.0 Å². The number of para-hydroxylation sites is 2. The summed E-state index contributed by atoms with van der Waals surface area (Å²) in [7, 11) is 0. The van der Waals surface area contributed by atoms with E-state index in [4.69, 9.17) is 4.42 Å². The van der Waals surface area contributed by atoms with Crippen LogP contribution in [0.1, 0.15) is 29.1 Å². The number of benzene rings is 2. The molecule has 0 N–H and O–H groups in total. The van der Waals surface area contributed by atoms with Gasteiger partial charge in [-0.25, -0.2) is 4.98 Å². The molecule has 3 aromatic rings. The predicted molar refractivity (Wildman–Crippen MR) is 92.8 cm³/mol. The summed E-state index contributed by atoms with van der Waals surface area (Å²) in [5.41, 5.74) is 2.57. The smallest absolute Gasteiger partial charge is 0.209 e. The van der Waals surface area contributed by atoms with Gasteiger partial charge in [0.25, 0.3) is 0 Å². The Bertz CT molecular complexity index is 800. The summed E-state index contributed by atoms with van der Waals surface area (Å²) in [4.78, 5) is 19.4. The SMILES string of the molecule is O=C(c1ccccc1)C1CCN(Cc2nc3ccccc3o2)CC1. The topological polar surface area (TPSA) is 46.3 Å². The first-order chi connectivity index (χ1) is 11.8. The monoisotopic (exact) mass is 320 g/mol. The minimum absolute atomic E-state index is 0.132. The van der Waals surface area contributed by atoms with Gasteiger partial charge in [-0.3, -0.25) is 9.69 Å². The molecule has 4 heteroatoms. The van der Waals surface area contributed by atoms with E-state index in [1.807, 2.05) is 54.6 Å². The first-order valence-electron chi connectivity index (χ1n) is 8.46. The van der Waals surface area contributed by atoms with Gasteiger partial charge in [0.2, 0.25) is 5.89 Å². The second-order valence-electron chi connectivity index (χ2n) is 6.36. The molecule has 0 bridgehead atoms. The van der Waals surface area contributed by atoms with Crippen LogP contribution in [-0.2, 0) is 6.54 Å². The van der Waals surface area contributed by atoms with Crippen molar-refractivity contribution in [3.05, 3.63) is 66.1 Å². The van der Waals surface area contributed by atoms with E-state index in [1.165, 1.54) is 0 Å². The Morgan fingerprint density at radius 1 is 1.04 bits per heavy atom. The number of aromatic nitrogens is 1. The van der Waals surface area contributed by atoms with Crippen LogP contribution in [0.5, 0.6) is 0 Å². The largest absolute Gasteiger partial charge is 0.439 e. The van der Waals surface area contributed by atoms with Crippen LogP contribution < -0.4 is 0 Å². The zero-order valence-electron chi connectivity index (χ0n) is 13.5. The molecule has 24 heavy (non-hydrogen) atoms. The lowest BCUT2D eigenvalue weighted by atomic mass is 9.89. The molecule has 0 aliphatic carbocycles. The Hall–Kier alpha value is -2.46. The third kappa shape index (κ3) is 3.10. The van der Waals surface area contributed by atoms with Gasteiger partial charge < -0.3 is 4.42 Å². The quantitative estimate of drug-likeness (QED) is 0.684. The Kier molecular flexibility index (Phi) is 4.13. The lowest BCUT2D eigenvalue weighted by molar-refractivity contribution is 0.0828. The van der Waals surface area contributed by atoms with E-state index in [1.54, 1.807) is 0 Å². The van der Waals surface area contributed by atoms with E-state index in [-0.39, 0.29) is 11.7 Å². The molecule has 1 aliphatic rings. The average molecular weight is 320 g/mol. The van der Waals surface area contributed by atoms with E-state index < -0.39 is 0 Å². The number of likely N-dealkylation sites (tertiary alicyclic amines) is 1. The average Bonchev–Trinajstić information content (AvgIpc) is 3.05. The van der Waals surface area contributed by atoms with Crippen LogP contribution in [-0.4, -0.2) is 28.8 Å². The fourth-order valence-corrected chi connectivity index (χ4v) is 3.37. The van der Waals surface area contributed by atoms with Crippen molar-refractivity contribution in [3.63, 3.8) is 0 Å². The first kappa shape index (κ1) is 15.1. The second kappa shape index (κ2) is 6.57. The molecular weight excluding hydrogens is 300 g/mol. The summed E-state index contributed by atoms with van der Waals surface area (Å²) in [5, 5.41) is 0. The molecule has 1 aliphatic heterocycles. The third-order valence-electron chi connectivity index (χ3n) is 4.71. The molecule has 1 fully saturated rings. The molecule has 0 amide bonds. The number of piperidine rings is 1. The Morgan fingerprint density at radius 3 is 2.50 bits per heavy atom. The second-order valence-corrected chi connectivity index (χ2v) is 6.36. The Morgan fingerprint density at radius 2 is 1.75 bits per heavy atom. The van der Waals surface area contributed by atoms with Gasteiger partial charge in [0.05, 0.1) is 6.54 Å². The van der Waals surface area contributed by atoms with Gasteiger partial charge in [-0.05, 0) is 38.1 Å². The predicted octanol–water partition coefficient (Wildman–Crippen LogP) is 3.92. The maximum Gasteiger partial charge on any atom is 0.209 e. The highest BCUT2D eigenvalue weighted by Crippen LogP contribution is 2.23. The maximum absolute atomic E-state index is 12.5. The maximum atomic E-state index is 12.5. The molecule has 0 spiro atoms. The molecule has 1 aromatic heterocycles. The van der Waals surface area contributed by atoms with Gasteiger partial charge in [-0.15, -0.1) is 0 Å². The van der Waals surface area contributed by atoms with Crippen LogP contribution in [0.25, 0.3) is 11.1 Å². The molecule has 1 saturated heterocycles. The molecule has 2 aromatic carbocycles. The molecule has 0 unspecified atom stereocenters. The van der Waals surface area contributed by atoms with Gasteiger partial charge in [0.15, 0.2) is 11.4 Å². The molecule has 2 heterocycles. The number of carbonyl (C=O) groups is 1. The molecule has 4 rings (SSSR count). The lowest BCUT2D eigenvalue weighted by Gasteiger charge is -2.30. The van der Waals surface area contributed by atoms with Crippen LogP contribution in [0.2, 0.25) is 0 Å². The molecule has 0 radical (unpaired) electrons. The standard InChI is InChI=1S/C20H20N2O2/c23-20(15-6-2-1-3-7-15)16-10-12-22(13-11-16)14-19-21-17-8-4-5-9-18(17)24-19/h1-9,16H,10-14H2. The zero-order valence-corrected chi connectivity index (χ0v) is 13.5. The number of Topliss-reactive ketones (excluding diaryl/α,β-unsaturated/α-hetero) is 1. The van der Waals surface area contributed by atoms with Crippen LogP contribution in [0, 0.1) is 5.92 Å². The summed E-state index contributed by atoms with van der Waals surface area (Å²) in [6.45, 7) is 2.52. The Labute approximate surface area is 141 Å². The van der Waals surface area contributed by atoms with Crippen LogP contribution in [0.4, 0.5) is 0 Å². The third-order valence-corrected chi connectivity index (χ3v) is 4.71. The van der Waals surface area contributed by atoms with E-state index in [0.717, 1.165) is 48.5 Å². The molecular formula is C20H20N2O2. The van der Waals surface area contributed by atoms with Crippen molar-refractivity contribution in [2.45, 2.75) is 19.4 Å². The Balaban J connectivity index is 1.37. The summed E-state index contributed by atoms with van der Waals surface area (Å²) in [6, 6.07) is 17.4. The van der Waals surface area contributed by atoms with Crippen LogP contribution in [0.3, 0.4) is 0 Å². The molecule has 4 nitrogen and oxygen atoms in total. The van der Waals surface area contributed by atoms with Crippen molar-refractivity contribution in [2.75, 3.05) is 13.1 Å². The number of hydrogen-bond acceptors (Lipinski definition) is 4. The minimum Gasteiger partial charge on any atom is -0.439 e. The summed E-state index contributed by atoms with van der Waals surface area (Å²) in [6.07, 6.45) is 1.79. The number of hydrogen-bond donors (Lipinski definition) is 0. The van der Waals surface area contributed by atoms with Crippen molar-refractivity contribution < 1.29 is 9.21 Å². The number of ketones is 1.